The number of ketones is 1. The molecule has 0 amide bonds. The molecule has 0 fully saturated rings. The number of allylic oxidation sites excluding steroid dienone is 2. The van der Waals surface area contributed by atoms with Gasteiger partial charge in [-0.05, 0) is 0 Å². The van der Waals surface area contributed by atoms with Crippen molar-refractivity contribution < 1.29 is 23.1 Å². The number of hydrogen-bond acceptors (Lipinski definition) is 2. The van der Waals surface area contributed by atoms with Crippen LogP contribution in [0.1, 0.15) is 13.3 Å². The lowest BCUT2D eigenvalue weighted by Crippen LogP contribution is -2.12. The molecule has 0 aliphatic heterocycles. The molecule has 0 heterocycles. The van der Waals surface area contributed by atoms with E-state index in [2.05, 4.69) is 0 Å². The second kappa shape index (κ2) is 3.41. The highest BCUT2D eigenvalue weighted by molar-refractivity contribution is 5.89. The highest BCUT2D eigenvalue weighted by Crippen LogP contribution is 2.22. The molecule has 1 N–H and O–H groups in total. The van der Waals surface area contributed by atoms with Gasteiger partial charge in [0.15, 0.2) is 5.78 Å². The van der Waals surface area contributed by atoms with E-state index < -0.39 is 17.7 Å². The Morgan fingerprint density at radius 3 is 2.27 bits per heavy atom. The van der Waals surface area contributed by atoms with Crippen LogP contribution in [0.2, 0.25) is 0 Å². The minimum atomic E-state index is -4.81. The zero-order valence-corrected chi connectivity index (χ0v) is 5.77. The summed E-state index contributed by atoms with van der Waals surface area (Å²) in [5.41, 5.74) is 0. The molecule has 5 heteroatoms. The summed E-state index contributed by atoms with van der Waals surface area (Å²) in [4.78, 5) is 10.3. The SMILES string of the molecule is CCC(=O)/C=C(\O)C(F)(F)F. The van der Waals surface area contributed by atoms with Gasteiger partial charge >= 0.3 is 6.18 Å². The first-order chi connectivity index (χ1) is 4.88. The van der Waals surface area contributed by atoms with Crippen molar-refractivity contribution in [3.8, 4) is 0 Å². The molecule has 0 bridgehead atoms. The Morgan fingerprint density at radius 2 is 2.00 bits per heavy atom. The highest BCUT2D eigenvalue weighted by Gasteiger charge is 2.34. The lowest BCUT2D eigenvalue weighted by molar-refractivity contribution is -0.125. The Labute approximate surface area is 61.3 Å². The van der Waals surface area contributed by atoms with E-state index in [9.17, 15) is 18.0 Å². The van der Waals surface area contributed by atoms with Crippen molar-refractivity contribution in [3.63, 3.8) is 0 Å². The highest BCUT2D eigenvalue weighted by atomic mass is 19.4. The van der Waals surface area contributed by atoms with Crippen LogP contribution in [-0.4, -0.2) is 17.1 Å². The minimum Gasteiger partial charge on any atom is -0.504 e. The van der Waals surface area contributed by atoms with E-state index in [1.54, 1.807) is 0 Å². The molecule has 0 radical (unpaired) electrons. The molecule has 0 saturated heterocycles. The Kier molecular flexibility index (Phi) is 3.10. The normalized spacial score (nSPS) is 13.3. The lowest BCUT2D eigenvalue weighted by atomic mass is 10.3. The van der Waals surface area contributed by atoms with Crippen LogP contribution in [0.4, 0.5) is 13.2 Å². The summed E-state index contributed by atoms with van der Waals surface area (Å²) in [5.74, 6) is -2.59. The molecule has 64 valence electrons. The second-order valence-electron chi connectivity index (χ2n) is 1.85. The first-order valence-electron chi connectivity index (χ1n) is 2.88. The van der Waals surface area contributed by atoms with Crippen molar-refractivity contribution in [2.75, 3.05) is 0 Å². The van der Waals surface area contributed by atoms with Gasteiger partial charge in [0.2, 0.25) is 5.76 Å². The summed E-state index contributed by atoms with van der Waals surface area (Å²) in [7, 11) is 0. The van der Waals surface area contributed by atoms with Crippen LogP contribution < -0.4 is 0 Å². The molecule has 11 heavy (non-hydrogen) atoms. The summed E-state index contributed by atoms with van der Waals surface area (Å²) in [5, 5.41) is 8.20. The Bertz CT molecular complexity index is 181. The third-order valence-electron chi connectivity index (χ3n) is 0.937. The number of carbonyl (C=O) groups excluding carboxylic acids is 1. The van der Waals surface area contributed by atoms with E-state index in [1.165, 1.54) is 6.92 Å². The van der Waals surface area contributed by atoms with Gasteiger partial charge < -0.3 is 5.11 Å². The van der Waals surface area contributed by atoms with Crippen molar-refractivity contribution in [2.24, 2.45) is 0 Å². The van der Waals surface area contributed by atoms with E-state index in [0.29, 0.717) is 0 Å². The van der Waals surface area contributed by atoms with Gasteiger partial charge in [-0.15, -0.1) is 0 Å². The van der Waals surface area contributed by atoms with Crippen molar-refractivity contribution in [2.45, 2.75) is 19.5 Å². The quantitative estimate of drug-likeness (QED) is 0.505. The third kappa shape index (κ3) is 3.64. The zero-order valence-electron chi connectivity index (χ0n) is 5.77. The molecular weight excluding hydrogens is 161 g/mol. The van der Waals surface area contributed by atoms with Crippen LogP contribution in [0, 0.1) is 0 Å². The van der Waals surface area contributed by atoms with Gasteiger partial charge in [-0.3, -0.25) is 4.79 Å². The van der Waals surface area contributed by atoms with Crippen LogP contribution >= 0.6 is 0 Å². The number of aliphatic hydroxyl groups is 1. The molecule has 2 nitrogen and oxygen atoms in total. The largest absolute Gasteiger partial charge is 0.504 e. The summed E-state index contributed by atoms with van der Waals surface area (Å²) in [6, 6.07) is 0. The van der Waals surface area contributed by atoms with E-state index >= 15 is 0 Å². The molecule has 0 saturated carbocycles. The Morgan fingerprint density at radius 1 is 1.55 bits per heavy atom. The fraction of sp³-hybridized carbons (Fsp3) is 0.500. The van der Waals surface area contributed by atoms with E-state index in [-0.39, 0.29) is 12.5 Å². The maximum atomic E-state index is 11.5. The first-order valence-corrected chi connectivity index (χ1v) is 2.88. The van der Waals surface area contributed by atoms with Crippen molar-refractivity contribution in [1.29, 1.82) is 0 Å². The van der Waals surface area contributed by atoms with Crippen LogP contribution in [0.3, 0.4) is 0 Å². The third-order valence-corrected chi connectivity index (χ3v) is 0.937. The number of alkyl halides is 3. The smallest absolute Gasteiger partial charge is 0.448 e. The van der Waals surface area contributed by atoms with Crippen LogP contribution in [0.15, 0.2) is 11.8 Å². The van der Waals surface area contributed by atoms with Gasteiger partial charge in [0.1, 0.15) is 0 Å². The summed E-state index contributed by atoms with van der Waals surface area (Å²) in [6.45, 7) is 1.41. The molecule has 0 aromatic heterocycles. The number of carbonyl (C=O) groups is 1. The van der Waals surface area contributed by atoms with Gasteiger partial charge in [0.25, 0.3) is 0 Å². The van der Waals surface area contributed by atoms with E-state index in [1.807, 2.05) is 0 Å². The Balaban J connectivity index is 4.35. The Hall–Kier alpha value is -1.00. The van der Waals surface area contributed by atoms with Gasteiger partial charge in [0.05, 0.1) is 0 Å². The number of rotatable bonds is 2. The number of hydrogen-bond donors (Lipinski definition) is 1. The van der Waals surface area contributed by atoms with Crippen LogP contribution in [-0.2, 0) is 4.79 Å². The molecule has 0 atom stereocenters. The van der Waals surface area contributed by atoms with Gasteiger partial charge in [-0.25, -0.2) is 0 Å². The molecule has 0 aromatic rings. The molecule has 0 aliphatic carbocycles. The summed E-state index contributed by atoms with van der Waals surface area (Å²) < 4.78 is 34.4. The topological polar surface area (TPSA) is 37.3 Å². The first kappa shape index (κ1) is 10.0. The maximum absolute atomic E-state index is 11.5. The number of halogens is 3. The monoisotopic (exact) mass is 168 g/mol. The van der Waals surface area contributed by atoms with Gasteiger partial charge in [0, 0.05) is 12.5 Å². The summed E-state index contributed by atoms with van der Waals surface area (Å²) in [6.07, 6.45) is -4.69. The van der Waals surface area contributed by atoms with Gasteiger partial charge in [-0.2, -0.15) is 13.2 Å². The van der Waals surface area contributed by atoms with Gasteiger partial charge in [-0.1, -0.05) is 6.92 Å². The van der Waals surface area contributed by atoms with Crippen LogP contribution in [0.25, 0.3) is 0 Å². The number of aliphatic hydroxyl groups excluding tert-OH is 1. The standard InChI is InChI=1S/C6H7F3O2/c1-2-4(10)3-5(11)6(7,8)9/h3,11H,2H2,1H3/b5-3-. The van der Waals surface area contributed by atoms with Crippen molar-refractivity contribution >= 4 is 5.78 Å². The predicted octanol–water partition coefficient (Wildman–Crippen LogP) is 1.97. The van der Waals surface area contributed by atoms with Crippen LogP contribution in [0.5, 0.6) is 0 Å². The lowest BCUT2D eigenvalue weighted by Gasteiger charge is -2.02. The summed E-state index contributed by atoms with van der Waals surface area (Å²) >= 11 is 0. The van der Waals surface area contributed by atoms with Crippen molar-refractivity contribution in [3.05, 3.63) is 11.8 Å². The second-order valence-corrected chi connectivity index (χ2v) is 1.85. The molecule has 0 aromatic carbocycles. The minimum absolute atomic E-state index is 0.0554. The molecule has 0 unspecified atom stereocenters. The molecule has 0 rings (SSSR count). The molecular formula is C6H7F3O2. The maximum Gasteiger partial charge on any atom is 0.448 e. The fourth-order valence-electron chi connectivity index (χ4n) is 0.336. The van der Waals surface area contributed by atoms with E-state index in [4.69, 9.17) is 5.11 Å². The van der Waals surface area contributed by atoms with E-state index in [0.717, 1.165) is 0 Å². The molecule has 0 aliphatic rings. The average molecular weight is 168 g/mol. The predicted molar refractivity (Wildman–Crippen MR) is 32.1 cm³/mol. The average Bonchev–Trinajstić information content (AvgIpc) is 1.85. The van der Waals surface area contributed by atoms with Crippen molar-refractivity contribution in [1.82, 2.24) is 0 Å². The zero-order chi connectivity index (χ0) is 9.07. The molecule has 0 spiro atoms. The fourth-order valence-corrected chi connectivity index (χ4v) is 0.336.